The normalized spacial score (nSPS) is 29.7. The number of allylic oxidation sites excluding steroid dienone is 1. The van der Waals surface area contributed by atoms with Gasteiger partial charge in [-0.05, 0) is 19.3 Å². The molecule has 0 spiro atoms. The minimum Gasteiger partial charge on any atom is -0.376 e. The quantitative estimate of drug-likeness (QED) is 0.667. The zero-order valence-electron chi connectivity index (χ0n) is 9.80. The maximum Gasteiger partial charge on any atom is 0.0882 e. The fourth-order valence-corrected chi connectivity index (χ4v) is 2.74. The van der Waals surface area contributed by atoms with Crippen LogP contribution < -0.4 is 0 Å². The van der Waals surface area contributed by atoms with Gasteiger partial charge < -0.3 is 4.74 Å². The highest BCUT2D eigenvalue weighted by atomic mass is 79.9. The number of hydrogen-bond acceptors (Lipinski definition) is 1. The van der Waals surface area contributed by atoms with Crippen LogP contribution in [0.1, 0.15) is 57.8 Å². The summed E-state index contributed by atoms with van der Waals surface area (Å²) in [6.45, 7) is 0. The lowest BCUT2D eigenvalue weighted by molar-refractivity contribution is 0.128. The van der Waals surface area contributed by atoms with E-state index in [-0.39, 0.29) is 0 Å². The van der Waals surface area contributed by atoms with Gasteiger partial charge in [0.2, 0.25) is 0 Å². The second-order valence-corrected chi connectivity index (χ2v) is 5.28. The number of methoxy groups -OCH3 is 1. The Hall–Kier alpha value is 0.180. The molecule has 1 aliphatic rings. The number of rotatable bonds is 1. The molecule has 0 saturated carbocycles. The van der Waals surface area contributed by atoms with E-state index in [2.05, 4.69) is 22.0 Å². The lowest BCUT2D eigenvalue weighted by atomic mass is 10.0. The van der Waals surface area contributed by atoms with Gasteiger partial charge in [-0.15, -0.1) is 0 Å². The van der Waals surface area contributed by atoms with E-state index < -0.39 is 0 Å². The molecule has 0 aromatic rings. The van der Waals surface area contributed by atoms with E-state index >= 15 is 0 Å². The molecular weight excluding hydrogens is 252 g/mol. The average molecular weight is 275 g/mol. The van der Waals surface area contributed by atoms with Crippen molar-refractivity contribution in [3.63, 3.8) is 0 Å². The minimum atomic E-state index is 0.296. The predicted molar refractivity (Wildman–Crippen MR) is 69.4 cm³/mol. The number of ether oxygens (including phenoxy) is 1. The molecule has 15 heavy (non-hydrogen) atoms. The Bertz CT molecular complexity index is 189. The first-order valence-electron chi connectivity index (χ1n) is 6.23. The Balaban J connectivity index is 2.43. The Morgan fingerprint density at radius 1 is 1.07 bits per heavy atom. The van der Waals surface area contributed by atoms with E-state index in [9.17, 15) is 0 Å². The van der Waals surface area contributed by atoms with Gasteiger partial charge in [-0.2, -0.15) is 0 Å². The zero-order valence-corrected chi connectivity index (χ0v) is 11.4. The molecule has 1 nitrogen and oxygen atoms in total. The van der Waals surface area contributed by atoms with Gasteiger partial charge in [0.25, 0.3) is 0 Å². The van der Waals surface area contributed by atoms with Crippen molar-refractivity contribution in [2.75, 3.05) is 7.11 Å². The summed E-state index contributed by atoms with van der Waals surface area (Å²) in [5.41, 5.74) is 0. The van der Waals surface area contributed by atoms with Crippen molar-refractivity contribution in [2.45, 2.75) is 63.9 Å². The van der Waals surface area contributed by atoms with Gasteiger partial charge in [0.15, 0.2) is 0 Å². The zero-order chi connectivity index (χ0) is 10.9. The first kappa shape index (κ1) is 13.2. The third-order valence-electron chi connectivity index (χ3n) is 3.10. The highest BCUT2D eigenvalue weighted by Crippen LogP contribution is 2.22. The van der Waals surface area contributed by atoms with Crippen molar-refractivity contribution in [1.82, 2.24) is 0 Å². The van der Waals surface area contributed by atoms with Crippen LogP contribution in [0.5, 0.6) is 0 Å². The molecule has 0 radical (unpaired) electrons. The molecule has 0 saturated heterocycles. The van der Waals surface area contributed by atoms with Crippen molar-refractivity contribution < 1.29 is 4.74 Å². The first-order valence-corrected chi connectivity index (χ1v) is 7.02. The van der Waals surface area contributed by atoms with Crippen molar-refractivity contribution in [2.24, 2.45) is 0 Å². The molecule has 2 heteroatoms. The predicted octanol–water partition coefficient (Wildman–Crippen LogP) is 4.80. The van der Waals surface area contributed by atoms with Crippen LogP contribution in [-0.2, 0) is 4.74 Å². The second-order valence-electron chi connectivity index (χ2n) is 4.37. The molecule has 0 bridgehead atoms. The monoisotopic (exact) mass is 274 g/mol. The van der Waals surface area contributed by atoms with Crippen molar-refractivity contribution >= 4 is 15.9 Å². The molecular formula is C13H23BrO. The molecule has 0 amide bonds. The van der Waals surface area contributed by atoms with Gasteiger partial charge in [-0.3, -0.25) is 0 Å². The third kappa shape index (κ3) is 5.72. The first-order chi connectivity index (χ1) is 7.34. The molecule has 1 aliphatic carbocycles. The standard InChI is InChI=1S/C13H23BrO/c1-15-13-11-9-7-5-3-2-4-6-8-10-12(13)14/h10,13H,2-9,11H2,1H3/b12-10-. The Kier molecular flexibility index (Phi) is 7.37. The molecule has 88 valence electrons. The van der Waals surface area contributed by atoms with E-state index in [4.69, 9.17) is 4.74 Å². The van der Waals surface area contributed by atoms with E-state index in [1.165, 1.54) is 55.8 Å². The van der Waals surface area contributed by atoms with E-state index in [0.29, 0.717) is 6.10 Å². The molecule has 0 fully saturated rings. The van der Waals surface area contributed by atoms with Crippen molar-refractivity contribution in [1.29, 1.82) is 0 Å². The highest BCUT2D eigenvalue weighted by Gasteiger charge is 2.10. The summed E-state index contributed by atoms with van der Waals surface area (Å²) in [5.74, 6) is 0. The maximum atomic E-state index is 5.49. The van der Waals surface area contributed by atoms with Gasteiger partial charge >= 0.3 is 0 Å². The molecule has 0 aliphatic heterocycles. The van der Waals surface area contributed by atoms with Crippen LogP contribution in [-0.4, -0.2) is 13.2 Å². The molecule has 0 N–H and O–H groups in total. The lowest BCUT2D eigenvalue weighted by Crippen LogP contribution is -2.10. The average Bonchev–Trinajstić information content (AvgIpc) is 2.23. The third-order valence-corrected chi connectivity index (χ3v) is 3.94. The van der Waals surface area contributed by atoms with Gasteiger partial charge in [0, 0.05) is 11.6 Å². The van der Waals surface area contributed by atoms with Crippen LogP contribution in [0, 0.1) is 0 Å². The molecule has 1 rings (SSSR count). The Morgan fingerprint density at radius 2 is 1.67 bits per heavy atom. The second kappa shape index (κ2) is 8.35. The van der Waals surface area contributed by atoms with E-state index in [0.717, 1.165) is 6.42 Å². The molecule has 0 heterocycles. The Morgan fingerprint density at radius 3 is 2.33 bits per heavy atom. The summed E-state index contributed by atoms with van der Waals surface area (Å²) in [5, 5.41) is 0. The van der Waals surface area contributed by atoms with Crippen LogP contribution >= 0.6 is 15.9 Å². The van der Waals surface area contributed by atoms with Crippen LogP contribution in [0.3, 0.4) is 0 Å². The van der Waals surface area contributed by atoms with Crippen LogP contribution in [0.15, 0.2) is 10.6 Å². The molecule has 0 aromatic heterocycles. The SMILES string of the molecule is COC1CCCCCCCCC/C=C/1Br. The molecule has 0 aromatic carbocycles. The van der Waals surface area contributed by atoms with E-state index in [1.807, 2.05) is 7.11 Å². The number of hydrogen-bond donors (Lipinski definition) is 0. The fourth-order valence-electron chi connectivity index (χ4n) is 2.10. The molecule has 1 unspecified atom stereocenters. The van der Waals surface area contributed by atoms with Gasteiger partial charge in [0.1, 0.15) is 0 Å². The summed E-state index contributed by atoms with van der Waals surface area (Å²) in [6.07, 6.45) is 14.6. The summed E-state index contributed by atoms with van der Waals surface area (Å²) in [6, 6.07) is 0. The smallest absolute Gasteiger partial charge is 0.0882 e. The highest BCUT2D eigenvalue weighted by molar-refractivity contribution is 9.11. The van der Waals surface area contributed by atoms with Crippen molar-refractivity contribution in [3.05, 3.63) is 10.6 Å². The van der Waals surface area contributed by atoms with Gasteiger partial charge in [-0.25, -0.2) is 0 Å². The van der Waals surface area contributed by atoms with E-state index in [1.54, 1.807) is 0 Å². The summed E-state index contributed by atoms with van der Waals surface area (Å²) in [4.78, 5) is 0. The summed E-state index contributed by atoms with van der Waals surface area (Å²) in [7, 11) is 1.81. The largest absolute Gasteiger partial charge is 0.376 e. The maximum absolute atomic E-state index is 5.49. The summed E-state index contributed by atoms with van der Waals surface area (Å²) >= 11 is 3.64. The number of halogens is 1. The van der Waals surface area contributed by atoms with Crippen molar-refractivity contribution in [3.8, 4) is 0 Å². The topological polar surface area (TPSA) is 9.23 Å². The van der Waals surface area contributed by atoms with Crippen LogP contribution in [0.25, 0.3) is 0 Å². The minimum absolute atomic E-state index is 0.296. The van der Waals surface area contributed by atoms with Gasteiger partial charge in [0.05, 0.1) is 6.10 Å². The Labute approximate surface area is 102 Å². The lowest BCUT2D eigenvalue weighted by Gasteiger charge is -2.15. The molecule has 1 atom stereocenters. The summed E-state index contributed by atoms with van der Waals surface area (Å²) < 4.78 is 6.75. The fraction of sp³-hybridized carbons (Fsp3) is 0.846. The van der Waals surface area contributed by atoms with Gasteiger partial charge in [-0.1, -0.05) is 60.5 Å². The van der Waals surface area contributed by atoms with Crippen LogP contribution in [0.4, 0.5) is 0 Å². The van der Waals surface area contributed by atoms with Crippen LogP contribution in [0.2, 0.25) is 0 Å².